The van der Waals surface area contributed by atoms with E-state index in [1.165, 1.54) is 0 Å². The van der Waals surface area contributed by atoms with Crippen LogP contribution in [0.2, 0.25) is 0 Å². The third-order valence-corrected chi connectivity index (χ3v) is 1.97. The number of phenolic OH excluding ortho intramolecular Hbond substituents is 1. The van der Waals surface area contributed by atoms with Crippen LogP contribution in [-0.2, 0) is 0 Å². The van der Waals surface area contributed by atoms with Gasteiger partial charge in [-0.05, 0) is 6.07 Å². The fourth-order valence-electron chi connectivity index (χ4n) is 1.16. The van der Waals surface area contributed by atoms with Crippen molar-refractivity contribution in [3.05, 3.63) is 33.6 Å². The number of hydrogen-bond donors (Lipinski definition) is 2. The molecule has 1 rings (SSSR count). The molecule has 17 heavy (non-hydrogen) atoms. The van der Waals surface area contributed by atoms with Gasteiger partial charge in [-0.15, -0.1) is 0 Å². The molecule has 1 aromatic carbocycles. The summed E-state index contributed by atoms with van der Waals surface area (Å²) < 4.78 is 49.6. The molecule has 0 fully saturated rings. The fraction of sp³-hybridized carbons (Fsp3) is 0.250. The number of aromatic hydroxyl groups is 1. The van der Waals surface area contributed by atoms with E-state index < -0.39 is 40.0 Å². The lowest BCUT2D eigenvalue weighted by Crippen LogP contribution is -2.28. The standard InChI is InChI=1S/C8H6F4N2O3/c9-3-1-4(7(13)8(10,11)12)6(15)5(2-3)14(16)17/h1-2,7,15H,13H2/t7-/m1/s1. The SMILES string of the molecule is N[C@H](c1cc(F)cc([N+](=O)[O-])c1O)C(F)(F)F. The number of nitrogens with two attached hydrogens (primary N) is 1. The second-order valence-electron chi connectivity index (χ2n) is 3.14. The summed E-state index contributed by atoms with van der Waals surface area (Å²) in [6, 6.07) is -2.08. The topological polar surface area (TPSA) is 89.4 Å². The van der Waals surface area contributed by atoms with E-state index in [0.29, 0.717) is 12.1 Å². The molecule has 0 bridgehead atoms. The van der Waals surface area contributed by atoms with Crippen LogP contribution in [-0.4, -0.2) is 16.2 Å². The molecule has 1 aromatic rings. The van der Waals surface area contributed by atoms with Crippen LogP contribution in [0.4, 0.5) is 23.2 Å². The lowest BCUT2D eigenvalue weighted by Gasteiger charge is -2.16. The maximum absolute atomic E-state index is 12.9. The summed E-state index contributed by atoms with van der Waals surface area (Å²) in [5.41, 5.74) is 2.49. The molecule has 5 nitrogen and oxygen atoms in total. The number of alkyl halides is 3. The van der Waals surface area contributed by atoms with Crippen LogP contribution in [0.15, 0.2) is 12.1 Å². The number of rotatable bonds is 2. The summed E-state index contributed by atoms with van der Waals surface area (Å²) in [6.45, 7) is 0. The number of halogens is 4. The smallest absolute Gasteiger partial charge is 0.407 e. The summed E-state index contributed by atoms with van der Waals surface area (Å²) in [6.07, 6.45) is -4.95. The van der Waals surface area contributed by atoms with Crippen LogP contribution >= 0.6 is 0 Å². The Hall–Kier alpha value is -1.90. The van der Waals surface area contributed by atoms with Gasteiger partial charge >= 0.3 is 11.9 Å². The molecule has 0 aliphatic carbocycles. The average Bonchev–Trinajstić information content (AvgIpc) is 2.18. The van der Waals surface area contributed by atoms with Crippen molar-refractivity contribution in [3.63, 3.8) is 0 Å². The maximum Gasteiger partial charge on any atom is 0.407 e. The van der Waals surface area contributed by atoms with Gasteiger partial charge in [0, 0.05) is 5.56 Å². The first kappa shape index (κ1) is 13.2. The Morgan fingerprint density at radius 1 is 1.41 bits per heavy atom. The van der Waals surface area contributed by atoms with Crippen LogP contribution in [0, 0.1) is 15.9 Å². The zero-order chi connectivity index (χ0) is 13.4. The number of nitrogens with zero attached hydrogens (tertiary/aromatic N) is 1. The number of phenols is 1. The Labute approximate surface area is 91.6 Å². The first-order chi connectivity index (χ1) is 7.64. The van der Waals surface area contributed by atoms with E-state index in [0.717, 1.165) is 0 Å². The number of nitro benzene ring substituents is 1. The number of benzene rings is 1. The molecule has 0 amide bonds. The Bertz CT molecular complexity index is 461. The lowest BCUT2D eigenvalue weighted by molar-refractivity contribution is -0.386. The van der Waals surface area contributed by atoms with Crippen molar-refractivity contribution in [1.82, 2.24) is 0 Å². The lowest BCUT2D eigenvalue weighted by atomic mass is 10.0. The minimum absolute atomic E-state index is 0.306. The van der Waals surface area contributed by atoms with Gasteiger partial charge in [-0.2, -0.15) is 13.2 Å². The van der Waals surface area contributed by atoms with Crippen molar-refractivity contribution in [3.8, 4) is 5.75 Å². The zero-order valence-corrected chi connectivity index (χ0v) is 8.03. The molecule has 0 aromatic heterocycles. The summed E-state index contributed by atoms with van der Waals surface area (Å²) in [7, 11) is 0. The number of nitro groups is 1. The van der Waals surface area contributed by atoms with E-state index in [4.69, 9.17) is 5.73 Å². The quantitative estimate of drug-likeness (QED) is 0.480. The van der Waals surface area contributed by atoms with Crippen molar-refractivity contribution in [2.75, 3.05) is 0 Å². The van der Waals surface area contributed by atoms with Gasteiger partial charge in [-0.3, -0.25) is 10.1 Å². The van der Waals surface area contributed by atoms with E-state index in [1.54, 1.807) is 0 Å². The van der Waals surface area contributed by atoms with Crippen LogP contribution in [0.25, 0.3) is 0 Å². The predicted octanol–water partition coefficient (Wildman–Crippen LogP) is 2.00. The van der Waals surface area contributed by atoms with Gasteiger partial charge in [-0.1, -0.05) is 0 Å². The molecular weight excluding hydrogens is 248 g/mol. The number of hydrogen-bond acceptors (Lipinski definition) is 4. The first-order valence-corrected chi connectivity index (χ1v) is 4.13. The molecule has 1 atom stereocenters. The highest BCUT2D eigenvalue weighted by molar-refractivity contribution is 5.52. The Morgan fingerprint density at radius 2 is 1.94 bits per heavy atom. The highest BCUT2D eigenvalue weighted by Crippen LogP contribution is 2.39. The Morgan fingerprint density at radius 3 is 2.35 bits per heavy atom. The van der Waals surface area contributed by atoms with E-state index in [1.807, 2.05) is 0 Å². The first-order valence-electron chi connectivity index (χ1n) is 4.13. The van der Waals surface area contributed by atoms with Gasteiger partial charge in [-0.25, -0.2) is 4.39 Å². The molecule has 0 radical (unpaired) electrons. The molecule has 0 aliphatic rings. The van der Waals surface area contributed by atoms with Gasteiger partial charge < -0.3 is 10.8 Å². The van der Waals surface area contributed by atoms with Gasteiger partial charge in [0.05, 0.1) is 11.0 Å². The molecule has 0 unspecified atom stereocenters. The van der Waals surface area contributed by atoms with Gasteiger partial charge in [0.25, 0.3) is 0 Å². The van der Waals surface area contributed by atoms with Crippen LogP contribution in [0.1, 0.15) is 11.6 Å². The van der Waals surface area contributed by atoms with Crippen molar-refractivity contribution in [2.45, 2.75) is 12.2 Å². The summed E-state index contributed by atoms with van der Waals surface area (Å²) >= 11 is 0. The predicted molar refractivity (Wildman–Crippen MR) is 47.7 cm³/mol. The zero-order valence-electron chi connectivity index (χ0n) is 8.03. The highest BCUT2D eigenvalue weighted by Gasteiger charge is 2.41. The minimum Gasteiger partial charge on any atom is -0.502 e. The van der Waals surface area contributed by atoms with Crippen molar-refractivity contribution in [1.29, 1.82) is 0 Å². The molecule has 0 saturated carbocycles. The molecule has 0 heterocycles. The fourth-order valence-corrected chi connectivity index (χ4v) is 1.16. The monoisotopic (exact) mass is 254 g/mol. The highest BCUT2D eigenvalue weighted by atomic mass is 19.4. The molecular formula is C8H6F4N2O3. The molecule has 0 aliphatic heterocycles. The van der Waals surface area contributed by atoms with Crippen LogP contribution in [0.3, 0.4) is 0 Å². The summed E-state index contributed by atoms with van der Waals surface area (Å²) in [4.78, 5) is 9.15. The summed E-state index contributed by atoms with van der Waals surface area (Å²) in [5, 5.41) is 19.6. The molecule has 94 valence electrons. The second-order valence-corrected chi connectivity index (χ2v) is 3.14. The van der Waals surface area contributed by atoms with Crippen molar-refractivity contribution in [2.24, 2.45) is 5.73 Å². The maximum atomic E-state index is 12.9. The molecule has 3 N–H and O–H groups in total. The Balaban J connectivity index is 3.40. The Kier molecular flexibility index (Phi) is 3.23. The second kappa shape index (κ2) is 4.17. The van der Waals surface area contributed by atoms with E-state index >= 15 is 0 Å². The summed E-state index contributed by atoms with van der Waals surface area (Å²) in [5.74, 6) is -2.58. The molecule has 0 saturated heterocycles. The van der Waals surface area contributed by atoms with Crippen molar-refractivity contribution >= 4 is 5.69 Å². The average molecular weight is 254 g/mol. The van der Waals surface area contributed by atoms with Crippen molar-refractivity contribution < 1.29 is 27.6 Å². The van der Waals surface area contributed by atoms with E-state index in [-0.39, 0.29) is 0 Å². The third kappa shape index (κ3) is 2.61. The minimum atomic E-state index is -4.95. The van der Waals surface area contributed by atoms with E-state index in [2.05, 4.69) is 0 Å². The van der Waals surface area contributed by atoms with E-state index in [9.17, 15) is 32.8 Å². The molecule has 0 spiro atoms. The van der Waals surface area contributed by atoms with Gasteiger partial charge in [0.2, 0.25) is 0 Å². The largest absolute Gasteiger partial charge is 0.502 e. The van der Waals surface area contributed by atoms with Crippen LogP contribution < -0.4 is 5.73 Å². The van der Waals surface area contributed by atoms with Gasteiger partial charge in [0.15, 0.2) is 5.75 Å². The molecule has 9 heteroatoms. The van der Waals surface area contributed by atoms with Crippen LogP contribution in [0.5, 0.6) is 5.75 Å². The third-order valence-electron chi connectivity index (χ3n) is 1.97. The normalized spacial score (nSPS) is 13.5. The van der Waals surface area contributed by atoms with Gasteiger partial charge in [0.1, 0.15) is 11.9 Å².